The third kappa shape index (κ3) is 3.60. The largest absolute Gasteiger partial charge is 0.424 e. The van der Waals surface area contributed by atoms with Crippen molar-refractivity contribution in [1.29, 1.82) is 0 Å². The maximum absolute atomic E-state index is 11.9. The first-order chi connectivity index (χ1) is 9.52. The van der Waals surface area contributed by atoms with E-state index in [0.29, 0.717) is 5.75 Å². The average molecular weight is 288 g/mol. The number of hydrogen-bond donors (Lipinski definition) is 1. The first-order valence-corrected chi connectivity index (χ1v) is 8.06. The highest BCUT2D eigenvalue weighted by Crippen LogP contribution is 2.45. The third-order valence-electron chi connectivity index (χ3n) is 2.82. The lowest BCUT2D eigenvalue weighted by Gasteiger charge is -2.16. The summed E-state index contributed by atoms with van der Waals surface area (Å²) < 4.78 is 17.2. The topological polar surface area (TPSA) is 46.5 Å². The van der Waals surface area contributed by atoms with Crippen molar-refractivity contribution in [3.8, 4) is 16.9 Å². The van der Waals surface area contributed by atoms with Crippen LogP contribution in [0.25, 0.3) is 11.1 Å². The maximum atomic E-state index is 11.9. The Morgan fingerprint density at radius 3 is 2.60 bits per heavy atom. The van der Waals surface area contributed by atoms with Crippen LogP contribution in [0.5, 0.6) is 5.75 Å². The molecule has 0 aliphatic heterocycles. The van der Waals surface area contributed by atoms with E-state index in [4.69, 9.17) is 4.52 Å². The van der Waals surface area contributed by atoms with Gasteiger partial charge in [0.1, 0.15) is 5.75 Å². The molecule has 4 heteroatoms. The highest BCUT2D eigenvalue weighted by atomic mass is 31.2. The second-order valence-corrected chi connectivity index (χ2v) is 6.39. The zero-order valence-corrected chi connectivity index (χ0v) is 12.2. The Morgan fingerprint density at radius 1 is 1.25 bits per heavy atom. The minimum atomic E-state index is -3.69. The van der Waals surface area contributed by atoms with Gasteiger partial charge in [-0.25, -0.2) is 4.57 Å². The molecule has 0 fully saturated rings. The van der Waals surface area contributed by atoms with Crippen LogP contribution in [-0.4, -0.2) is 11.1 Å². The van der Waals surface area contributed by atoms with Crippen LogP contribution in [-0.2, 0) is 4.57 Å². The minimum absolute atomic E-state index is 0.0743. The SMILES string of the molecule is C=CCP(=O)(O)Oc1ccc(C)cc1-c1ccccc1. The van der Waals surface area contributed by atoms with Crippen LogP contribution < -0.4 is 4.52 Å². The minimum Gasteiger partial charge on any atom is -0.424 e. The van der Waals surface area contributed by atoms with E-state index in [0.717, 1.165) is 16.7 Å². The Labute approximate surface area is 119 Å². The lowest BCUT2D eigenvalue weighted by molar-refractivity contribution is 0.384. The fraction of sp³-hybridized carbons (Fsp3) is 0.125. The smallest absolute Gasteiger partial charge is 0.380 e. The van der Waals surface area contributed by atoms with Crippen LogP contribution in [0.1, 0.15) is 5.56 Å². The second kappa shape index (κ2) is 6.08. The summed E-state index contributed by atoms with van der Waals surface area (Å²) >= 11 is 0. The van der Waals surface area contributed by atoms with E-state index >= 15 is 0 Å². The molecule has 2 aromatic carbocycles. The number of rotatable bonds is 5. The van der Waals surface area contributed by atoms with E-state index in [1.54, 1.807) is 6.07 Å². The summed E-state index contributed by atoms with van der Waals surface area (Å²) in [4.78, 5) is 9.77. The van der Waals surface area contributed by atoms with Gasteiger partial charge >= 0.3 is 7.60 Å². The Kier molecular flexibility index (Phi) is 4.43. The molecule has 0 saturated carbocycles. The molecule has 104 valence electrons. The van der Waals surface area contributed by atoms with Gasteiger partial charge < -0.3 is 9.42 Å². The van der Waals surface area contributed by atoms with Crippen LogP contribution in [0.2, 0.25) is 0 Å². The summed E-state index contributed by atoms with van der Waals surface area (Å²) in [6.45, 7) is 5.44. The highest BCUT2D eigenvalue weighted by molar-refractivity contribution is 7.53. The van der Waals surface area contributed by atoms with E-state index in [2.05, 4.69) is 6.58 Å². The average Bonchev–Trinajstić information content (AvgIpc) is 2.41. The summed E-state index contributed by atoms with van der Waals surface area (Å²) in [5.41, 5.74) is 2.82. The molecule has 0 amide bonds. The molecule has 2 rings (SSSR count). The summed E-state index contributed by atoms with van der Waals surface area (Å²) in [5, 5.41) is 0. The molecular weight excluding hydrogens is 271 g/mol. The Bertz CT molecular complexity index is 650. The molecule has 3 nitrogen and oxygen atoms in total. The molecule has 1 N–H and O–H groups in total. The molecule has 0 spiro atoms. The van der Waals surface area contributed by atoms with E-state index in [1.807, 2.05) is 49.4 Å². The van der Waals surface area contributed by atoms with E-state index in [9.17, 15) is 9.46 Å². The van der Waals surface area contributed by atoms with Crippen molar-refractivity contribution in [2.45, 2.75) is 6.92 Å². The van der Waals surface area contributed by atoms with E-state index in [-0.39, 0.29) is 6.16 Å². The van der Waals surface area contributed by atoms with Crippen LogP contribution in [0.15, 0.2) is 61.2 Å². The monoisotopic (exact) mass is 288 g/mol. The molecular formula is C16H17O3P. The molecule has 0 aromatic heterocycles. The summed E-state index contributed by atoms with van der Waals surface area (Å²) in [6, 6.07) is 15.2. The van der Waals surface area contributed by atoms with Crippen LogP contribution >= 0.6 is 7.60 Å². The fourth-order valence-electron chi connectivity index (χ4n) is 1.92. The van der Waals surface area contributed by atoms with Gasteiger partial charge in [0.05, 0.1) is 6.16 Å². The molecule has 0 radical (unpaired) electrons. The summed E-state index contributed by atoms with van der Waals surface area (Å²) in [7, 11) is -3.69. The van der Waals surface area contributed by atoms with Crippen LogP contribution in [0.3, 0.4) is 0 Å². The first kappa shape index (κ1) is 14.6. The van der Waals surface area contributed by atoms with Gasteiger partial charge in [-0.15, -0.1) is 6.58 Å². The number of allylic oxidation sites excluding steroid dienone is 1. The van der Waals surface area contributed by atoms with Gasteiger partial charge in [0, 0.05) is 5.56 Å². The van der Waals surface area contributed by atoms with Crippen molar-refractivity contribution in [3.05, 3.63) is 66.7 Å². The van der Waals surface area contributed by atoms with E-state index in [1.165, 1.54) is 6.08 Å². The van der Waals surface area contributed by atoms with Gasteiger partial charge in [-0.1, -0.05) is 48.0 Å². The summed E-state index contributed by atoms with van der Waals surface area (Å²) in [6.07, 6.45) is 1.31. The van der Waals surface area contributed by atoms with Gasteiger partial charge in [-0.2, -0.15) is 0 Å². The van der Waals surface area contributed by atoms with Crippen LogP contribution in [0.4, 0.5) is 0 Å². The molecule has 0 heterocycles. The van der Waals surface area contributed by atoms with Crippen molar-refractivity contribution in [2.75, 3.05) is 6.16 Å². The number of benzene rings is 2. The van der Waals surface area contributed by atoms with Gasteiger partial charge in [0.2, 0.25) is 0 Å². The Morgan fingerprint density at radius 2 is 1.95 bits per heavy atom. The second-order valence-electron chi connectivity index (χ2n) is 4.57. The van der Waals surface area contributed by atoms with Crippen molar-refractivity contribution in [1.82, 2.24) is 0 Å². The number of aryl methyl sites for hydroxylation is 1. The molecule has 20 heavy (non-hydrogen) atoms. The quantitative estimate of drug-likeness (QED) is 0.654. The van der Waals surface area contributed by atoms with Gasteiger partial charge in [-0.3, -0.25) is 0 Å². The normalized spacial score (nSPS) is 13.5. The maximum Gasteiger partial charge on any atom is 0.380 e. The standard InChI is InChI=1S/C16H17O3P/c1-3-11-20(17,18)19-16-10-9-13(2)12-15(16)14-7-5-4-6-8-14/h3-10,12H,1,11H2,2H3,(H,17,18). The fourth-order valence-corrected chi connectivity index (χ4v) is 2.79. The van der Waals surface area contributed by atoms with Gasteiger partial charge in [0.15, 0.2) is 0 Å². The molecule has 0 aliphatic carbocycles. The lowest BCUT2D eigenvalue weighted by atomic mass is 10.0. The first-order valence-electron chi connectivity index (χ1n) is 6.30. The number of hydrogen-bond acceptors (Lipinski definition) is 2. The molecule has 2 aromatic rings. The van der Waals surface area contributed by atoms with Crippen LogP contribution in [0, 0.1) is 6.92 Å². The predicted octanol–water partition coefficient (Wildman–Crippen LogP) is 4.41. The third-order valence-corrected chi connectivity index (χ3v) is 4.02. The van der Waals surface area contributed by atoms with Crippen molar-refractivity contribution < 1.29 is 14.0 Å². The lowest BCUT2D eigenvalue weighted by Crippen LogP contribution is -1.97. The predicted molar refractivity (Wildman–Crippen MR) is 82.1 cm³/mol. The molecule has 0 saturated heterocycles. The Hall–Kier alpha value is -1.83. The van der Waals surface area contributed by atoms with Crippen molar-refractivity contribution in [2.24, 2.45) is 0 Å². The van der Waals surface area contributed by atoms with Crippen molar-refractivity contribution in [3.63, 3.8) is 0 Å². The summed E-state index contributed by atoms with van der Waals surface area (Å²) in [5.74, 6) is 0.412. The zero-order chi connectivity index (χ0) is 14.6. The molecule has 0 aliphatic rings. The van der Waals surface area contributed by atoms with Gasteiger partial charge in [-0.05, 0) is 24.6 Å². The molecule has 0 bridgehead atoms. The molecule has 1 atom stereocenters. The zero-order valence-electron chi connectivity index (χ0n) is 11.3. The highest BCUT2D eigenvalue weighted by Gasteiger charge is 2.20. The van der Waals surface area contributed by atoms with Crippen molar-refractivity contribution >= 4 is 7.60 Å². The van der Waals surface area contributed by atoms with Gasteiger partial charge in [0.25, 0.3) is 0 Å². The Balaban J connectivity index is 2.44. The molecule has 1 unspecified atom stereocenters. The van der Waals surface area contributed by atoms with E-state index < -0.39 is 7.60 Å².